The van der Waals surface area contributed by atoms with Gasteiger partial charge in [-0.15, -0.1) is 0 Å². The standard InChI is InChI=1S/C12H15N3O4/c1-8-6-13-11(5-10(8)15(18)19)14-3-2-9(7-14)4-12(16)17/h5-6,9H,2-4,7H2,1H3,(H,16,17). The van der Waals surface area contributed by atoms with E-state index in [1.165, 1.54) is 12.3 Å². The van der Waals surface area contributed by atoms with Gasteiger partial charge < -0.3 is 10.0 Å². The summed E-state index contributed by atoms with van der Waals surface area (Å²) in [6.07, 6.45) is 2.39. The molecule has 1 aliphatic rings. The van der Waals surface area contributed by atoms with Crippen molar-refractivity contribution >= 4 is 17.5 Å². The van der Waals surface area contributed by atoms with E-state index in [0.717, 1.165) is 6.42 Å². The van der Waals surface area contributed by atoms with E-state index in [4.69, 9.17) is 5.11 Å². The monoisotopic (exact) mass is 265 g/mol. The molecule has 7 heteroatoms. The average Bonchev–Trinajstić information content (AvgIpc) is 2.76. The van der Waals surface area contributed by atoms with Gasteiger partial charge in [0.2, 0.25) is 0 Å². The minimum absolute atomic E-state index is 0.0479. The number of aryl methyl sites for hydroxylation is 1. The lowest BCUT2D eigenvalue weighted by Gasteiger charge is -2.17. The summed E-state index contributed by atoms with van der Waals surface area (Å²) in [5.74, 6) is -0.181. The minimum atomic E-state index is -0.810. The maximum Gasteiger partial charge on any atom is 0.303 e. The number of carboxylic acid groups (broad SMARTS) is 1. The SMILES string of the molecule is Cc1cnc(N2CCC(CC(=O)O)C2)cc1[N+](=O)[O-]. The van der Waals surface area contributed by atoms with E-state index in [2.05, 4.69) is 4.98 Å². The quantitative estimate of drug-likeness (QED) is 0.656. The van der Waals surface area contributed by atoms with Crippen LogP contribution in [-0.4, -0.2) is 34.1 Å². The van der Waals surface area contributed by atoms with Crippen molar-refractivity contribution < 1.29 is 14.8 Å². The summed E-state index contributed by atoms with van der Waals surface area (Å²) in [4.78, 5) is 27.2. The van der Waals surface area contributed by atoms with E-state index in [0.29, 0.717) is 24.5 Å². The number of rotatable bonds is 4. The maximum absolute atomic E-state index is 10.9. The molecule has 1 aromatic heterocycles. The molecule has 1 saturated heterocycles. The van der Waals surface area contributed by atoms with Crippen molar-refractivity contribution in [3.05, 3.63) is 27.9 Å². The van der Waals surface area contributed by atoms with Gasteiger partial charge in [-0.3, -0.25) is 14.9 Å². The lowest BCUT2D eigenvalue weighted by atomic mass is 10.1. The Balaban J connectivity index is 2.13. The Bertz CT molecular complexity index is 518. The van der Waals surface area contributed by atoms with Crippen LogP contribution in [0.5, 0.6) is 0 Å². The molecule has 0 spiro atoms. The third-order valence-electron chi connectivity index (χ3n) is 3.33. The fraction of sp³-hybridized carbons (Fsp3) is 0.500. The minimum Gasteiger partial charge on any atom is -0.481 e. The summed E-state index contributed by atoms with van der Waals surface area (Å²) in [5, 5.41) is 19.6. The molecule has 0 saturated carbocycles. The van der Waals surface area contributed by atoms with Crippen LogP contribution in [-0.2, 0) is 4.79 Å². The van der Waals surface area contributed by atoms with Gasteiger partial charge in [0, 0.05) is 31.3 Å². The first-order valence-electron chi connectivity index (χ1n) is 6.05. The van der Waals surface area contributed by atoms with E-state index in [-0.39, 0.29) is 18.0 Å². The number of carboxylic acids is 1. The van der Waals surface area contributed by atoms with Gasteiger partial charge in [0.05, 0.1) is 11.0 Å². The molecule has 0 bridgehead atoms. The van der Waals surface area contributed by atoms with Gasteiger partial charge in [0.1, 0.15) is 5.82 Å². The number of hydrogen-bond acceptors (Lipinski definition) is 5. The zero-order valence-electron chi connectivity index (χ0n) is 10.6. The van der Waals surface area contributed by atoms with E-state index in [1.807, 2.05) is 4.90 Å². The Morgan fingerprint density at radius 1 is 1.68 bits per heavy atom. The second kappa shape index (κ2) is 5.21. The van der Waals surface area contributed by atoms with Gasteiger partial charge >= 0.3 is 5.97 Å². The highest BCUT2D eigenvalue weighted by Crippen LogP contribution is 2.28. The van der Waals surface area contributed by atoms with Crippen LogP contribution in [0, 0.1) is 23.0 Å². The first-order valence-corrected chi connectivity index (χ1v) is 6.05. The third-order valence-corrected chi connectivity index (χ3v) is 3.33. The summed E-state index contributed by atoms with van der Waals surface area (Å²) < 4.78 is 0. The molecule has 1 unspecified atom stereocenters. The smallest absolute Gasteiger partial charge is 0.303 e. The van der Waals surface area contributed by atoms with Crippen LogP contribution in [0.4, 0.5) is 11.5 Å². The van der Waals surface area contributed by atoms with Gasteiger partial charge in [-0.2, -0.15) is 0 Å². The fourth-order valence-electron chi connectivity index (χ4n) is 2.33. The number of carbonyl (C=O) groups is 1. The van der Waals surface area contributed by atoms with Gasteiger partial charge in [-0.25, -0.2) is 4.98 Å². The molecular formula is C12H15N3O4. The number of nitro groups is 1. The Hall–Kier alpha value is -2.18. The molecule has 1 aliphatic heterocycles. The molecule has 2 rings (SSSR count). The Kier molecular flexibility index (Phi) is 3.64. The molecule has 102 valence electrons. The molecule has 1 aromatic rings. The number of anilines is 1. The second-order valence-electron chi connectivity index (χ2n) is 4.78. The number of aliphatic carboxylic acids is 1. The van der Waals surface area contributed by atoms with Gasteiger partial charge in [-0.05, 0) is 19.3 Å². The van der Waals surface area contributed by atoms with Crippen molar-refractivity contribution in [3.8, 4) is 0 Å². The summed E-state index contributed by atoms with van der Waals surface area (Å²) >= 11 is 0. The number of nitrogens with zero attached hydrogens (tertiary/aromatic N) is 3. The molecule has 0 amide bonds. The van der Waals surface area contributed by atoms with Crippen LogP contribution < -0.4 is 4.90 Å². The summed E-state index contributed by atoms with van der Waals surface area (Å²) in [7, 11) is 0. The highest BCUT2D eigenvalue weighted by molar-refractivity contribution is 5.67. The first kappa shape index (κ1) is 13.3. The van der Waals surface area contributed by atoms with E-state index in [1.54, 1.807) is 6.92 Å². The summed E-state index contributed by atoms with van der Waals surface area (Å²) in [6.45, 7) is 2.91. The molecule has 1 N–H and O–H groups in total. The Morgan fingerprint density at radius 3 is 3.05 bits per heavy atom. The molecule has 7 nitrogen and oxygen atoms in total. The zero-order valence-corrected chi connectivity index (χ0v) is 10.6. The molecule has 2 heterocycles. The molecule has 1 atom stereocenters. The van der Waals surface area contributed by atoms with Crippen LogP contribution in [0.1, 0.15) is 18.4 Å². The zero-order chi connectivity index (χ0) is 14.0. The van der Waals surface area contributed by atoms with Crippen molar-refractivity contribution in [2.75, 3.05) is 18.0 Å². The molecule has 0 aliphatic carbocycles. The predicted octanol–water partition coefficient (Wildman–Crippen LogP) is 1.60. The van der Waals surface area contributed by atoms with Crippen LogP contribution in [0.2, 0.25) is 0 Å². The van der Waals surface area contributed by atoms with E-state index >= 15 is 0 Å². The van der Waals surface area contributed by atoms with Crippen molar-refractivity contribution in [3.63, 3.8) is 0 Å². The van der Waals surface area contributed by atoms with Crippen molar-refractivity contribution in [1.82, 2.24) is 4.98 Å². The fourth-order valence-corrected chi connectivity index (χ4v) is 2.33. The molecule has 0 radical (unpaired) electrons. The van der Waals surface area contributed by atoms with Crippen molar-refractivity contribution in [2.24, 2.45) is 5.92 Å². The van der Waals surface area contributed by atoms with Gasteiger partial charge in [0.25, 0.3) is 5.69 Å². The Morgan fingerprint density at radius 2 is 2.42 bits per heavy atom. The predicted molar refractivity (Wildman–Crippen MR) is 68.2 cm³/mol. The third kappa shape index (κ3) is 2.98. The maximum atomic E-state index is 10.9. The van der Waals surface area contributed by atoms with Crippen LogP contribution in [0.15, 0.2) is 12.3 Å². The topological polar surface area (TPSA) is 96.6 Å². The van der Waals surface area contributed by atoms with E-state index < -0.39 is 10.9 Å². The number of aromatic nitrogens is 1. The van der Waals surface area contributed by atoms with Gasteiger partial charge in [-0.1, -0.05) is 0 Å². The molecule has 1 fully saturated rings. The first-order chi connectivity index (χ1) is 8.97. The molecular weight excluding hydrogens is 250 g/mol. The van der Waals surface area contributed by atoms with Crippen LogP contribution >= 0.6 is 0 Å². The molecule has 0 aromatic carbocycles. The molecule has 19 heavy (non-hydrogen) atoms. The highest BCUT2D eigenvalue weighted by atomic mass is 16.6. The lowest BCUT2D eigenvalue weighted by molar-refractivity contribution is -0.385. The van der Waals surface area contributed by atoms with Crippen LogP contribution in [0.3, 0.4) is 0 Å². The second-order valence-corrected chi connectivity index (χ2v) is 4.78. The normalized spacial score (nSPS) is 18.6. The highest BCUT2D eigenvalue weighted by Gasteiger charge is 2.26. The summed E-state index contributed by atoms with van der Waals surface area (Å²) in [5.41, 5.74) is 0.571. The van der Waals surface area contributed by atoms with E-state index in [9.17, 15) is 14.9 Å². The summed E-state index contributed by atoms with van der Waals surface area (Å²) in [6, 6.07) is 1.46. The number of hydrogen-bond donors (Lipinski definition) is 1. The van der Waals surface area contributed by atoms with Crippen molar-refractivity contribution in [1.29, 1.82) is 0 Å². The lowest BCUT2D eigenvalue weighted by Crippen LogP contribution is -2.21. The largest absolute Gasteiger partial charge is 0.481 e. The van der Waals surface area contributed by atoms with Gasteiger partial charge in [0.15, 0.2) is 0 Å². The average molecular weight is 265 g/mol. The Labute approximate surface area is 110 Å². The van der Waals surface area contributed by atoms with Crippen molar-refractivity contribution in [2.45, 2.75) is 19.8 Å². The van der Waals surface area contributed by atoms with Crippen LogP contribution in [0.25, 0.3) is 0 Å². The number of pyridine rings is 1.